The third-order valence-electron chi connectivity index (χ3n) is 4.18. The largest absolute Gasteiger partial charge is 0.496 e. The second-order valence-corrected chi connectivity index (χ2v) is 6.03. The quantitative estimate of drug-likeness (QED) is 0.371. The van der Waals surface area contributed by atoms with Gasteiger partial charge in [0, 0.05) is 31.4 Å². The lowest BCUT2D eigenvalue weighted by Gasteiger charge is -2.22. The maximum absolute atomic E-state index is 5.74. The van der Waals surface area contributed by atoms with Crippen molar-refractivity contribution in [2.45, 2.75) is 20.4 Å². The zero-order valence-electron chi connectivity index (χ0n) is 16.7. The SMILES string of the molecule is CN=C(NCc1ncc(C)c(OC)c1C)N(C)CCOc1ccccc1.I. The molecule has 1 N–H and O–H groups in total. The predicted molar refractivity (Wildman–Crippen MR) is 120 cm³/mol. The number of aromatic nitrogens is 1. The van der Waals surface area contributed by atoms with Gasteiger partial charge in [-0.05, 0) is 26.0 Å². The third kappa shape index (κ3) is 6.57. The van der Waals surface area contributed by atoms with E-state index in [2.05, 4.69) is 15.3 Å². The summed E-state index contributed by atoms with van der Waals surface area (Å²) in [6, 6.07) is 9.80. The fourth-order valence-electron chi connectivity index (χ4n) is 2.72. The van der Waals surface area contributed by atoms with E-state index in [0.29, 0.717) is 13.2 Å². The lowest BCUT2D eigenvalue weighted by molar-refractivity contribution is 0.281. The Morgan fingerprint density at radius 2 is 1.93 bits per heavy atom. The fraction of sp³-hybridized carbons (Fsp3) is 0.400. The van der Waals surface area contributed by atoms with E-state index >= 15 is 0 Å². The highest BCUT2D eigenvalue weighted by Gasteiger charge is 2.11. The molecule has 7 heteroatoms. The number of aliphatic imine (C=N–C) groups is 1. The molecule has 6 nitrogen and oxygen atoms in total. The van der Waals surface area contributed by atoms with Gasteiger partial charge in [0.05, 0.1) is 25.9 Å². The van der Waals surface area contributed by atoms with Crippen LogP contribution in [0.1, 0.15) is 16.8 Å². The molecule has 0 atom stereocenters. The van der Waals surface area contributed by atoms with Gasteiger partial charge in [-0.3, -0.25) is 9.98 Å². The molecular weight excluding hydrogens is 455 g/mol. The van der Waals surface area contributed by atoms with Gasteiger partial charge in [0.1, 0.15) is 18.1 Å². The highest BCUT2D eigenvalue weighted by atomic mass is 127. The van der Waals surface area contributed by atoms with Crippen molar-refractivity contribution in [3.63, 3.8) is 0 Å². The highest BCUT2D eigenvalue weighted by molar-refractivity contribution is 14.0. The maximum Gasteiger partial charge on any atom is 0.193 e. The number of rotatable bonds is 7. The monoisotopic (exact) mass is 484 g/mol. The van der Waals surface area contributed by atoms with Gasteiger partial charge in [0.2, 0.25) is 0 Å². The summed E-state index contributed by atoms with van der Waals surface area (Å²) in [5.41, 5.74) is 3.03. The molecular formula is C20H29IN4O2. The average Bonchev–Trinajstić information content (AvgIpc) is 2.65. The van der Waals surface area contributed by atoms with Crippen molar-refractivity contribution >= 4 is 29.9 Å². The van der Waals surface area contributed by atoms with Gasteiger partial charge >= 0.3 is 0 Å². The number of halogens is 1. The summed E-state index contributed by atoms with van der Waals surface area (Å²) in [6.07, 6.45) is 1.84. The van der Waals surface area contributed by atoms with Crippen LogP contribution < -0.4 is 14.8 Å². The van der Waals surface area contributed by atoms with Crippen molar-refractivity contribution in [3.05, 3.63) is 53.3 Å². The van der Waals surface area contributed by atoms with Gasteiger partial charge in [-0.2, -0.15) is 0 Å². The summed E-state index contributed by atoms with van der Waals surface area (Å²) >= 11 is 0. The summed E-state index contributed by atoms with van der Waals surface area (Å²) < 4.78 is 11.2. The topological polar surface area (TPSA) is 59.0 Å². The molecule has 27 heavy (non-hydrogen) atoms. The first-order chi connectivity index (χ1) is 12.6. The van der Waals surface area contributed by atoms with Crippen LogP contribution in [0.15, 0.2) is 41.5 Å². The fourth-order valence-corrected chi connectivity index (χ4v) is 2.72. The summed E-state index contributed by atoms with van der Waals surface area (Å²) in [6.45, 7) is 5.90. The first kappa shape index (κ1) is 23.0. The van der Waals surface area contributed by atoms with Crippen LogP contribution in [0.4, 0.5) is 0 Å². The second kappa shape index (κ2) is 11.6. The minimum absolute atomic E-state index is 0. The summed E-state index contributed by atoms with van der Waals surface area (Å²) in [7, 11) is 5.44. The normalized spacial score (nSPS) is 10.8. The first-order valence-corrected chi connectivity index (χ1v) is 8.65. The number of ether oxygens (including phenoxy) is 2. The molecule has 0 saturated heterocycles. The maximum atomic E-state index is 5.74. The Labute approximate surface area is 179 Å². The number of hydrogen-bond donors (Lipinski definition) is 1. The van der Waals surface area contributed by atoms with Crippen molar-refractivity contribution in [1.82, 2.24) is 15.2 Å². The molecule has 2 aromatic rings. The number of guanidine groups is 1. The van der Waals surface area contributed by atoms with Gasteiger partial charge in [-0.1, -0.05) is 18.2 Å². The lowest BCUT2D eigenvalue weighted by Crippen LogP contribution is -2.40. The van der Waals surface area contributed by atoms with E-state index in [0.717, 1.165) is 40.8 Å². The third-order valence-corrected chi connectivity index (χ3v) is 4.18. The summed E-state index contributed by atoms with van der Waals surface area (Å²) in [5, 5.41) is 3.35. The highest BCUT2D eigenvalue weighted by Crippen LogP contribution is 2.23. The van der Waals surface area contributed by atoms with Crippen LogP contribution in [0.2, 0.25) is 0 Å². The number of nitrogens with one attached hydrogen (secondary N) is 1. The standard InChI is InChI=1S/C20H28N4O2.HI/c1-15-13-22-18(16(2)19(15)25-5)14-23-20(21-3)24(4)11-12-26-17-9-7-6-8-10-17;/h6-10,13H,11-12,14H2,1-5H3,(H,21,23);1H. The van der Waals surface area contributed by atoms with E-state index < -0.39 is 0 Å². The summed E-state index contributed by atoms with van der Waals surface area (Å²) in [4.78, 5) is 10.9. The molecule has 0 fully saturated rings. The number of methoxy groups -OCH3 is 1. The number of nitrogens with zero attached hydrogens (tertiary/aromatic N) is 3. The molecule has 2 rings (SSSR count). The van der Waals surface area contributed by atoms with E-state index in [1.54, 1.807) is 14.2 Å². The van der Waals surface area contributed by atoms with Crippen LogP contribution in [0, 0.1) is 13.8 Å². The van der Waals surface area contributed by atoms with Crippen molar-refractivity contribution in [1.29, 1.82) is 0 Å². The number of benzene rings is 1. The minimum Gasteiger partial charge on any atom is -0.496 e. The van der Waals surface area contributed by atoms with Crippen LogP contribution in [0.5, 0.6) is 11.5 Å². The van der Waals surface area contributed by atoms with Crippen molar-refractivity contribution in [2.75, 3.05) is 34.4 Å². The van der Waals surface area contributed by atoms with E-state index in [4.69, 9.17) is 9.47 Å². The number of likely N-dealkylation sites (N-methyl/N-ethyl adjacent to an activating group) is 1. The zero-order chi connectivity index (χ0) is 18.9. The van der Waals surface area contributed by atoms with E-state index in [1.807, 2.05) is 62.3 Å². The Bertz CT molecular complexity index is 738. The van der Waals surface area contributed by atoms with Gasteiger partial charge < -0.3 is 19.7 Å². The number of hydrogen-bond acceptors (Lipinski definition) is 4. The predicted octanol–water partition coefficient (Wildman–Crippen LogP) is 3.41. The van der Waals surface area contributed by atoms with E-state index in [9.17, 15) is 0 Å². The second-order valence-electron chi connectivity index (χ2n) is 6.03. The van der Waals surface area contributed by atoms with E-state index in [-0.39, 0.29) is 24.0 Å². The van der Waals surface area contributed by atoms with Gasteiger partial charge in [0.25, 0.3) is 0 Å². The van der Waals surface area contributed by atoms with E-state index in [1.165, 1.54) is 0 Å². The van der Waals surface area contributed by atoms with Crippen LogP contribution >= 0.6 is 24.0 Å². The average molecular weight is 484 g/mol. The van der Waals surface area contributed by atoms with Crippen molar-refractivity contribution in [3.8, 4) is 11.5 Å². The molecule has 0 aliphatic heterocycles. The number of pyridine rings is 1. The smallest absolute Gasteiger partial charge is 0.193 e. The van der Waals surface area contributed by atoms with Crippen LogP contribution in [0.3, 0.4) is 0 Å². The molecule has 0 spiro atoms. The molecule has 148 valence electrons. The van der Waals surface area contributed by atoms with Gasteiger partial charge in [-0.25, -0.2) is 0 Å². The first-order valence-electron chi connectivity index (χ1n) is 8.65. The number of aryl methyl sites for hydroxylation is 1. The van der Waals surface area contributed by atoms with Crippen molar-refractivity contribution in [2.24, 2.45) is 4.99 Å². The Kier molecular flexibility index (Phi) is 9.92. The van der Waals surface area contributed by atoms with Crippen molar-refractivity contribution < 1.29 is 9.47 Å². The van der Waals surface area contributed by atoms with Gasteiger partial charge in [0.15, 0.2) is 5.96 Å². The molecule has 1 heterocycles. The molecule has 0 aliphatic rings. The lowest BCUT2D eigenvalue weighted by atomic mass is 10.1. The molecule has 1 aromatic heterocycles. The molecule has 0 amide bonds. The molecule has 0 unspecified atom stereocenters. The van der Waals surface area contributed by atoms with Crippen LogP contribution in [0.25, 0.3) is 0 Å². The molecule has 1 aromatic carbocycles. The Morgan fingerprint density at radius 1 is 1.22 bits per heavy atom. The minimum atomic E-state index is 0. The molecule has 0 radical (unpaired) electrons. The molecule has 0 saturated carbocycles. The zero-order valence-corrected chi connectivity index (χ0v) is 19.0. The molecule has 0 aliphatic carbocycles. The Balaban J connectivity index is 0.00000364. The van der Waals surface area contributed by atoms with Gasteiger partial charge in [-0.15, -0.1) is 24.0 Å². The Hall–Kier alpha value is -2.03. The van der Waals surface area contributed by atoms with Crippen LogP contribution in [-0.4, -0.2) is 50.2 Å². The molecule has 0 bridgehead atoms. The Morgan fingerprint density at radius 3 is 2.56 bits per heavy atom. The number of para-hydroxylation sites is 1. The van der Waals surface area contributed by atoms with Crippen LogP contribution in [-0.2, 0) is 6.54 Å². The summed E-state index contributed by atoms with van der Waals surface area (Å²) in [5.74, 6) is 2.55.